The second kappa shape index (κ2) is 8.78. The van der Waals surface area contributed by atoms with Gasteiger partial charge in [-0.15, -0.1) is 0 Å². The largest absolute Gasteiger partial charge is 0.478 e. The number of carboxylic acid groups (broad SMARTS) is 1. The molecule has 0 amide bonds. The number of hydrogen-bond donors (Lipinski definition) is 1. The van der Waals surface area contributed by atoms with Crippen molar-refractivity contribution < 1.29 is 19.2 Å². The summed E-state index contributed by atoms with van der Waals surface area (Å²) in [5.41, 5.74) is 4.38. The number of piperidine rings is 1. The Labute approximate surface area is 226 Å². The highest BCUT2D eigenvalue weighted by atomic mass is 32.1. The van der Waals surface area contributed by atoms with Crippen molar-refractivity contribution in [1.82, 2.24) is 10.1 Å². The van der Waals surface area contributed by atoms with E-state index in [1.165, 1.54) is 62.6 Å². The Hall–Kier alpha value is -2.45. The van der Waals surface area contributed by atoms with Crippen molar-refractivity contribution in [3.05, 3.63) is 40.8 Å². The molecule has 3 aromatic rings. The van der Waals surface area contributed by atoms with Crippen LogP contribution in [0, 0.1) is 5.41 Å². The summed E-state index contributed by atoms with van der Waals surface area (Å²) in [5, 5.41) is 15.0. The Morgan fingerprint density at radius 1 is 1.05 bits per heavy atom. The van der Waals surface area contributed by atoms with Crippen molar-refractivity contribution >= 4 is 32.7 Å². The number of thiazole rings is 1. The van der Waals surface area contributed by atoms with E-state index < -0.39 is 5.97 Å². The highest BCUT2D eigenvalue weighted by molar-refractivity contribution is 7.22. The fraction of sp³-hybridized carbons (Fsp3) is 0.633. The molecule has 2 bridgehead atoms. The van der Waals surface area contributed by atoms with Crippen molar-refractivity contribution in [3.8, 4) is 0 Å². The molecule has 0 radical (unpaired) electrons. The van der Waals surface area contributed by atoms with Crippen LogP contribution in [0.3, 0.4) is 0 Å². The normalized spacial score (nSPS) is 28.4. The lowest BCUT2D eigenvalue weighted by molar-refractivity contribution is 0.0140. The van der Waals surface area contributed by atoms with Gasteiger partial charge in [0.05, 0.1) is 34.2 Å². The molecule has 1 spiro atoms. The number of rotatable bonds is 7. The quantitative estimate of drug-likeness (QED) is 0.349. The molecule has 200 valence electrons. The third-order valence-corrected chi connectivity index (χ3v) is 11.2. The number of hydrogen-bond acceptors (Lipinski definition) is 7. The molecule has 1 N–H and O–H groups in total. The molecule has 5 fully saturated rings. The summed E-state index contributed by atoms with van der Waals surface area (Å²) in [6.45, 7) is 0.634. The van der Waals surface area contributed by atoms with E-state index in [-0.39, 0.29) is 6.10 Å². The van der Waals surface area contributed by atoms with Crippen molar-refractivity contribution in [1.29, 1.82) is 0 Å². The molecule has 2 aromatic heterocycles. The predicted octanol–water partition coefficient (Wildman–Crippen LogP) is 7.01. The molecule has 3 aliphatic carbocycles. The molecule has 2 atom stereocenters. The van der Waals surface area contributed by atoms with Gasteiger partial charge in [-0.2, -0.15) is 0 Å². The molecule has 38 heavy (non-hydrogen) atoms. The van der Waals surface area contributed by atoms with Crippen LogP contribution in [0.2, 0.25) is 0 Å². The molecular weight excluding hydrogens is 498 g/mol. The zero-order chi connectivity index (χ0) is 25.4. The summed E-state index contributed by atoms with van der Waals surface area (Å²) in [7, 11) is 0. The topological polar surface area (TPSA) is 88.7 Å². The first-order valence-electron chi connectivity index (χ1n) is 14.6. The third kappa shape index (κ3) is 4.06. The zero-order valence-corrected chi connectivity index (χ0v) is 22.5. The highest BCUT2D eigenvalue weighted by Gasteiger charge is 2.47. The van der Waals surface area contributed by atoms with E-state index in [2.05, 4.69) is 10.1 Å². The predicted molar refractivity (Wildman–Crippen MR) is 145 cm³/mol. The van der Waals surface area contributed by atoms with E-state index in [1.807, 2.05) is 6.07 Å². The second-order valence-corrected chi connectivity index (χ2v) is 13.6. The number of fused-ring (bicyclic) bond motifs is 3. The third-order valence-electron chi connectivity index (χ3n) is 10.2. The lowest BCUT2D eigenvalue weighted by Crippen LogP contribution is -2.45. The van der Waals surface area contributed by atoms with Crippen LogP contribution in [0.15, 0.2) is 22.7 Å². The van der Waals surface area contributed by atoms with Crippen molar-refractivity contribution in [2.75, 3.05) is 4.90 Å². The molecule has 3 saturated carbocycles. The number of carbonyl (C=O) groups is 1. The molecule has 4 heterocycles. The van der Waals surface area contributed by atoms with Crippen LogP contribution in [0.4, 0.5) is 5.13 Å². The van der Waals surface area contributed by atoms with Crippen LogP contribution in [-0.4, -0.2) is 39.4 Å². The van der Waals surface area contributed by atoms with Crippen LogP contribution < -0.4 is 4.90 Å². The maximum atomic E-state index is 11.4. The van der Waals surface area contributed by atoms with E-state index in [4.69, 9.17) is 14.2 Å². The summed E-state index contributed by atoms with van der Waals surface area (Å²) in [6.07, 6.45) is 15.1. The summed E-state index contributed by atoms with van der Waals surface area (Å²) >= 11 is 1.62. The van der Waals surface area contributed by atoms with Gasteiger partial charge in [0.2, 0.25) is 0 Å². The molecule has 2 saturated heterocycles. The number of benzene rings is 1. The Morgan fingerprint density at radius 3 is 2.50 bits per heavy atom. The van der Waals surface area contributed by atoms with E-state index in [0.717, 1.165) is 46.8 Å². The standard InChI is InChI=1S/C30H35N3O4S/c34-28(35)19-3-6-24-25(13-19)38-29(31-24)33-20-4-5-21(33)15-22(14-20)36-16-23-26(32-37-27(23)18-1-2-18)17-7-9-30(10-8-17)11-12-30/h3,6,13,17-18,20-22H,1-2,4-5,7-12,14-16H2,(H,34,35). The maximum Gasteiger partial charge on any atom is 0.335 e. The summed E-state index contributed by atoms with van der Waals surface area (Å²) in [5.74, 6) is 1.31. The molecule has 8 heteroatoms. The first-order valence-corrected chi connectivity index (χ1v) is 15.4. The van der Waals surface area contributed by atoms with E-state index >= 15 is 0 Å². The number of ether oxygens (including phenoxy) is 1. The van der Waals surface area contributed by atoms with Gasteiger partial charge in [-0.3, -0.25) is 0 Å². The molecule has 2 unspecified atom stereocenters. The van der Waals surface area contributed by atoms with Crippen LogP contribution in [0.1, 0.15) is 116 Å². The van der Waals surface area contributed by atoms with Crippen LogP contribution in [-0.2, 0) is 11.3 Å². The number of aromatic nitrogens is 2. The van der Waals surface area contributed by atoms with Gasteiger partial charge >= 0.3 is 5.97 Å². The van der Waals surface area contributed by atoms with Gasteiger partial charge < -0.3 is 19.3 Å². The van der Waals surface area contributed by atoms with Crippen molar-refractivity contribution in [2.45, 2.75) is 114 Å². The summed E-state index contributed by atoms with van der Waals surface area (Å²) in [4.78, 5) is 18.8. The Morgan fingerprint density at radius 2 is 1.82 bits per heavy atom. The van der Waals surface area contributed by atoms with Gasteiger partial charge in [-0.05, 0) is 101 Å². The molecule has 7 nitrogen and oxygen atoms in total. The zero-order valence-electron chi connectivity index (χ0n) is 21.7. The first-order chi connectivity index (χ1) is 18.6. The fourth-order valence-corrected chi connectivity index (χ4v) is 8.73. The first kappa shape index (κ1) is 23.4. The Balaban J connectivity index is 0.968. The summed E-state index contributed by atoms with van der Waals surface area (Å²) < 4.78 is 13.6. The number of anilines is 1. The number of aromatic carboxylic acids is 1. The minimum atomic E-state index is -0.893. The van der Waals surface area contributed by atoms with Crippen LogP contribution in [0.5, 0.6) is 0 Å². The van der Waals surface area contributed by atoms with Crippen molar-refractivity contribution in [3.63, 3.8) is 0 Å². The van der Waals surface area contributed by atoms with E-state index in [9.17, 15) is 9.90 Å². The van der Waals surface area contributed by atoms with Gasteiger partial charge in [0.25, 0.3) is 0 Å². The lowest BCUT2D eigenvalue weighted by atomic mass is 9.77. The van der Waals surface area contributed by atoms with Crippen LogP contribution >= 0.6 is 11.3 Å². The minimum absolute atomic E-state index is 0.243. The molecule has 2 aliphatic heterocycles. The summed E-state index contributed by atoms with van der Waals surface area (Å²) in [6, 6.07) is 6.09. The average Bonchev–Trinajstić information content (AvgIpc) is 3.79. The van der Waals surface area contributed by atoms with Gasteiger partial charge in [0, 0.05) is 29.5 Å². The SMILES string of the molecule is O=C(O)c1ccc2nc(N3C4CCC3CC(OCc3c(C5CCC6(CC5)CC6)noc3C3CC3)C4)sc2c1. The van der Waals surface area contributed by atoms with Gasteiger partial charge in [-0.1, -0.05) is 16.5 Å². The Kier molecular flexibility index (Phi) is 5.42. The highest BCUT2D eigenvalue weighted by Crippen LogP contribution is 2.59. The average molecular weight is 534 g/mol. The Bertz CT molecular complexity index is 1370. The van der Waals surface area contributed by atoms with Gasteiger partial charge in [-0.25, -0.2) is 9.78 Å². The monoisotopic (exact) mass is 533 g/mol. The second-order valence-electron chi connectivity index (χ2n) is 12.6. The minimum Gasteiger partial charge on any atom is -0.478 e. The fourth-order valence-electron chi connectivity index (χ4n) is 7.58. The van der Waals surface area contributed by atoms with Crippen molar-refractivity contribution in [2.24, 2.45) is 5.41 Å². The smallest absolute Gasteiger partial charge is 0.335 e. The molecular formula is C30H35N3O4S. The van der Waals surface area contributed by atoms with Crippen LogP contribution in [0.25, 0.3) is 10.2 Å². The molecule has 1 aromatic carbocycles. The van der Waals surface area contributed by atoms with Gasteiger partial charge in [0.15, 0.2) is 5.13 Å². The molecule has 5 aliphatic rings. The number of carboxylic acids is 1. The van der Waals surface area contributed by atoms with E-state index in [1.54, 1.807) is 23.5 Å². The lowest BCUT2D eigenvalue weighted by Gasteiger charge is -2.38. The molecule has 8 rings (SSSR count). The maximum absolute atomic E-state index is 11.4. The van der Waals surface area contributed by atoms with Gasteiger partial charge in [0.1, 0.15) is 5.76 Å². The van der Waals surface area contributed by atoms with E-state index in [0.29, 0.717) is 41.5 Å². The number of nitrogens with zero attached hydrogens (tertiary/aromatic N) is 3.